The molecule has 0 saturated heterocycles. The highest BCUT2D eigenvalue weighted by atomic mass is 16.5. The number of benzene rings is 1. The van der Waals surface area contributed by atoms with Crippen LogP contribution in [0.3, 0.4) is 0 Å². The zero-order valence-corrected chi connectivity index (χ0v) is 10.2. The maximum absolute atomic E-state index is 11.4. The van der Waals surface area contributed by atoms with Crippen molar-refractivity contribution in [1.82, 2.24) is 15.3 Å². The summed E-state index contributed by atoms with van der Waals surface area (Å²) < 4.78 is 5.56. The molecule has 0 spiro atoms. The summed E-state index contributed by atoms with van der Waals surface area (Å²) in [5.74, 6) is 0.747. The van der Waals surface area contributed by atoms with E-state index in [1.807, 2.05) is 31.2 Å². The minimum absolute atomic E-state index is 0.272. The van der Waals surface area contributed by atoms with Gasteiger partial charge in [0.15, 0.2) is 0 Å². The Bertz CT molecular complexity index is 570. The van der Waals surface area contributed by atoms with E-state index < -0.39 is 0 Å². The van der Waals surface area contributed by atoms with Gasteiger partial charge in [-0.3, -0.25) is 4.79 Å². The molecule has 2 rings (SSSR count). The van der Waals surface area contributed by atoms with E-state index in [4.69, 9.17) is 4.74 Å². The van der Waals surface area contributed by atoms with Crippen LogP contribution in [0.15, 0.2) is 36.7 Å². The number of hydrogen-bond acceptors (Lipinski definition) is 4. The summed E-state index contributed by atoms with van der Waals surface area (Å²) in [5, 5.41) is 2.50. The summed E-state index contributed by atoms with van der Waals surface area (Å²) in [5.41, 5.74) is 1.36. The summed E-state index contributed by atoms with van der Waals surface area (Å²) in [6.45, 7) is 1.97. The van der Waals surface area contributed by atoms with Crippen LogP contribution in [0, 0.1) is 6.92 Å². The first-order chi connectivity index (χ1) is 8.69. The van der Waals surface area contributed by atoms with Gasteiger partial charge in [0.05, 0.1) is 0 Å². The van der Waals surface area contributed by atoms with Crippen molar-refractivity contribution >= 4 is 5.91 Å². The van der Waals surface area contributed by atoms with Gasteiger partial charge in [0, 0.05) is 13.1 Å². The first kappa shape index (κ1) is 12.0. The molecule has 0 bridgehead atoms. The van der Waals surface area contributed by atoms with Gasteiger partial charge in [0.2, 0.25) is 5.88 Å². The van der Waals surface area contributed by atoms with Crippen molar-refractivity contribution in [3.05, 3.63) is 47.9 Å². The van der Waals surface area contributed by atoms with E-state index in [-0.39, 0.29) is 11.6 Å². The molecule has 0 aliphatic heterocycles. The molecule has 0 atom stereocenters. The lowest BCUT2D eigenvalue weighted by Crippen LogP contribution is -2.19. The molecule has 1 amide bonds. The normalized spacial score (nSPS) is 9.89. The first-order valence-corrected chi connectivity index (χ1v) is 5.47. The van der Waals surface area contributed by atoms with Gasteiger partial charge in [0.25, 0.3) is 5.91 Å². The summed E-state index contributed by atoms with van der Waals surface area (Å²) >= 11 is 0. The summed E-state index contributed by atoms with van der Waals surface area (Å²) in [7, 11) is 1.55. The number of aryl methyl sites for hydroxylation is 1. The quantitative estimate of drug-likeness (QED) is 0.894. The van der Waals surface area contributed by atoms with E-state index in [0.29, 0.717) is 11.6 Å². The van der Waals surface area contributed by atoms with Crippen LogP contribution in [0.4, 0.5) is 0 Å². The van der Waals surface area contributed by atoms with Gasteiger partial charge in [-0.25, -0.2) is 9.97 Å². The Morgan fingerprint density at radius 2 is 2.11 bits per heavy atom. The second-order valence-corrected chi connectivity index (χ2v) is 3.74. The molecule has 18 heavy (non-hydrogen) atoms. The molecule has 0 radical (unpaired) electrons. The van der Waals surface area contributed by atoms with E-state index in [9.17, 15) is 4.79 Å². The van der Waals surface area contributed by atoms with Crippen LogP contribution in [0.5, 0.6) is 11.6 Å². The molecule has 0 saturated carbocycles. The van der Waals surface area contributed by atoms with E-state index in [0.717, 1.165) is 5.56 Å². The first-order valence-electron chi connectivity index (χ1n) is 5.47. The van der Waals surface area contributed by atoms with Gasteiger partial charge in [0.1, 0.15) is 17.8 Å². The predicted octanol–water partition coefficient (Wildman–Crippen LogP) is 1.94. The summed E-state index contributed by atoms with van der Waals surface area (Å²) in [6.07, 6.45) is 1.30. The lowest BCUT2D eigenvalue weighted by Gasteiger charge is -2.06. The molecule has 92 valence electrons. The molecule has 0 aliphatic carbocycles. The number of nitrogens with one attached hydrogen (secondary N) is 1. The summed E-state index contributed by atoms with van der Waals surface area (Å²) in [6, 6.07) is 9.09. The van der Waals surface area contributed by atoms with Crippen molar-refractivity contribution in [1.29, 1.82) is 0 Å². The van der Waals surface area contributed by atoms with Crippen LogP contribution >= 0.6 is 0 Å². The fraction of sp³-hybridized carbons (Fsp3) is 0.154. The maximum Gasteiger partial charge on any atom is 0.269 e. The lowest BCUT2D eigenvalue weighted by molar-refractivity contribution is 0.0957. The van der Waals surface area contributed by atoms with Crippen LogP contribution in [0.2, 0.25) is 0 Å². The molecule has 5 heteroatoms. The van der Waals surface area contributed by atoms with Gasteiger partial charge >= 0.3 is 0 Å². The van der Waals surface area contributed by atoms with Crippen LogP contribution in [0.1, 0.15) is 16.1 Å². The molecule has 1 heterocycles. The largest absolute Gasteiger partial charge is 0.439 e. The highest BCUT2D eigenvalue weighted by molar-refractivity contribution is 5.92. The number of amides is 1. The third-order valence-corrected chi connectivity index (χ3v) is 2.31. The number of hydrogen-bond donors (Lipinski definition) is 1. The van der Waals surface area contributed by atoms with E-state index in [1.54, 1.807) is 7.05 Å². The number of carbonyl (C=O) groups is 1. The molecule has 0 unspecified atom stereocenters. The molecular weight excluding hydrogens is 230 g/mol. The average molecular weight is 243 g/mol. The molecule has 1 aromatic heterocycles. The van der Waals surface area contributed by atoms with Crippen molar-refractivity contribution in [3.8, 4) is 11.6 Å². The molecule has 1 aromatic carbocycles. The smallest absolute Gasteiger partial charge is 0.269 e. The Morgan fingerprint density at radius 1 is 1.28 bits per heavy atom. The monoisotopic (exact) mass is 243 g/mol. The standard InChI is InChI=1S/C13H13N3O2/c1-9-4-3-5-10(6-9)18-12-7-11(13(17)14-2)15-8-16-12/h3-8H,1-2H3,(H,14,17). The Hall–Kier alpha value is -2.43. The molecule has 2 aromatic rings. The molecule has 1 N–H and O–H groups in total. The zero-order valence-electron chi connectivity index (χ0n) is 10.2. The van der Waals surface area contributed by atoms with Gasteiger partial charge in [-0.15, -0.1) is 0 Å². The highest BCUT2D eigenvalue weighted by Crippen LogP contribution is 2.20. The third kappa shape index (κ3) is 2.82. The molecular formula is C13H13N3O2. The molecule has 0 fully saturated rings. The second-order valence-electron chi connectivity index (χ2n) is 3.74. The Balaban J connectivity index is 2.22. The minimum Gasteiger partial charge on any atom is -0.439 e. The van der Waals surface area contributed by atoms with E-state index >= 15 is 0 Å². The highest BCUT2D eigenvalue weighted by Gasteiger charge is 2.07. The fourth-order valence-electron chi connectivity index (χ4n) is 1.45. The van der Waals surface area contributed by atoms with E-state index in [2.05, 4.69) is 15.3 Å². The number of carbonyl (C=O) groups excluding carboxylic acids is 1. The van der Waals surface area contributed by atoms with Gasteiger partial charge in [-0.05, 0) is 24.6 Å². The van der Waals surface area contributed by atoms with Crippen LogP contribution in [-0.2, 0) is 0 Å². The fourth-order valence-corrected chi connectivity index (χ4v) is 1.45. The second kappa shape index (κ2) is 5.27. The predicted molar refractivity (Wildman–Crippen MR) is 66.7 cm³/mol. The maximum atomic E-state index is 11.4. The SMILES string of the molecule is CNC(=O)c1cc(Oc2cccc(C)c2)ncn1. The number of ether oxygens (including phenoxy) is 1. The Kier molecular flexibility index (Phi) is 3.52. The van der Waals surface area contributed by atoms with Crippen molar-refractivity contribution in [2.45, 2.75) is 6.92 Å². The Labute approximate surface area is 105 Å². The van der Waals surface area contributed by atoms with Crippen LogP contribution < -0.4 is 10.1 Å². The van der Waals surface area contributed by atoms with Crippen molar-refractivity contribution in [2.24, 2.45) is 0 Å². The number of nitrogens with zero attached hydrogens (tertiary/aromatic N) is 2. The van der Waals surface area contributed by atoms with Gasteiger partial charge in [-0.2, -0.15) is 0 Å². The third-order valence-electron chi connectivity index (χ3n) is 2.31. The van der Waals surface area contributed by atoms with Crippen molar-refractivity contribution < 1.29 is 9.53 Å². The van der Waals surface area contributed by atoms with Crippen LogP contribution in [-0.4, -0.2) is 22.9 Å². The summed E-state index contributed by atoms with van der Waals surface area (Å²) in [4.78, 5) is 19.2. The van der Waals surface area contributed by atoms with Crippen LogP contribution in [0.25, 0.3) is 0 Å². The Morgan fingerprint density at radius 3 is 2.83 bits per heavy atom. The van der Waals surface area contributed by atoms with Gasteiger partial charge < -0.3 is 10.1 Å². The lowest BCUT2D eigenvalue weighted by atomic mass is 10.2. The molecule has 5 nitrogen and oxygen atoms in total. The van der Waals surface area contributed by atoms with Crippen molar-refractivity contribution in [3.63, 3.8) is 0 Å². The zero-order chi connectivity index (χ0) is 13.0. The van der Waals surface area contributed by atoms with E-state index in [1.165, 1.54) is 12.4 Å². The number of aromatic nitrogens is 2. The average Bonchev–Trinajstić information content (AvgIpc) is 2.38. The van der Waals surface area contributed by atoms with Crippen molar-refractivity contribution in [2.75, 3.05) is 7.05 Å². The minimum atomic E-state index is -0.272. The number of rotatable bonds is 3. The topological polar surface area (TPSA) is 64.1 Å². The van der Waals surface area contributed by atoms with Gasteiger partial charge in [-0.1, -0.05) is 12.1 Å². The molecule has 0 aliphatic rings.